The standard InChI is InChI=1S/C22H28N2O3S/c1-4-27-22(26)20-17-11-10-14(2)12-18(17)28-21(20)24-19(25)13-23-15(3)16-8-6-5-7-9-16/h5-9,14-15,23H,4,10-13H2,1-3H3,(H,24,25). The number of ether oxygens (including phenoxy) is 1. The van der Waals surface area contributed by atoms with Crippen LogP contribution in [-0.4, -0.2) is 25.0 Å². The minimum atomic E-state index is -0.338. The molecule has 2 atom stereocenters. The molecule has 1 aromatic heterocycles. The third-order valence-electron chi connectivity index (χ3n) is 5.11. The number of hydrogen-bond acceptors (Lipinski definition) is 5. The zero-order valence-electron chi connectivity index (χ0n) is 16.7. The second kappa shape index (κ2) is 9.34. The maximum Gasteiger partial charge on any atom is 0.341 e. The van der Waals surface area contributed by atoms with E-state index in [4.69, 9.17) is 4.74 Å². The molecular formula is C22H28N2O3S. The molecule has 0 saturated carbocycles. The first-order valence-electron chi connectivity index (χ1n) is 9.89. The van der Waals surface area contributed by atoms with Gasteiger partial charge in [0, 0.05) is 10.9 Å². The van der Waals surface area contributed by atoms with Crippen LogP contribution in [0.2, 0.25) is 0 Å². The Morgan fingerprint density at radius 1 is 1.29 bits per heavy atom. The molecule has 0 aliphatic heterocycles. The molecule has 0 spiro atoms. The maximum atomic E-state index is 12.5. The number of nitrogens with one attached hydrogen (secondary N) is 2. The van der Waals surface area contributed by atoms with Crippen molar-refractivity contribution in [2.24, 2.45) is 5.92 Å². The zero-order chi connectivity index (χ0) is 20.1. The van der Waals surface area contributed by atoms with E-state index in [0.717, 1.165) is 30.4 Å². The number of thiophene rings is 1. The van der Waals surface area contributed by atoms with Crippen LogP contribution in [0.5, 0.6) is 0 Å². The lowest BCUT2D eigenvalue weighted by molar-refractivity contribution is -0.115. The summed E-state index contributed by atoms with van der Waals surface area (Å²) in [5.74, 6) is 0.105. The van der Waals surface area contributed by atoms with Crippen molar-refractivity contribution in [1.29, 1.82) is 0 Å². The number of benzene rings is 1. The van der Waals surface area contributed by atoms with E-state index < -0.39 is 0 Å². The third-order valence-corrected chi connectivity index (χ3v) is 6.28. The van der Waals surface area contributed by atoms with Crippen molar-refractivity contribution >= 4 is 28.2 Å². The Morgan fingerprint density at radius 3 is 2.75 bits per heavy atom. The van der Waals surface area contributed by atoms with Crippen molar-refractivity contribution < 1.29 is 14.3 Å². The highest BCUT2D eigenvalue weighted by atomic mass is 32.1. The lowest BCUT2D eigenvalue weighted by atomic mass is 9.88. The number of fused-ring (bicyclic) bond motifs is 1. The Kier molecular flexibility index (Phi) is 6.86. The summed E-state index contributed by atoms with van der Waals surface area (Å²) >= 11 is 1.52. The predicted octanol–water partition coefficient (Wildman–Crippen LogP) is 4.34. The number of amides is 1. The van der Waals surface area contributed by atoms with Gasteiger partial charge in [0.1, 0.15) is 5.00 Å². The molecule has 6 heteroatoms. The van der Waals surface area contributed by atoms with Gasteiger partial charge < -0.3 is 15.4 Å². The lowest BCUT2D eigenvalue weighted by Crippen LogP contribution is -2.30. The van der Waals surface area contributed by atoms with Gasteiger partial charge >= 0.3 is 5.97 Å². The molecule has 1 amide bonds. The molecule has 1 aromatic carbocycles. The van der Waals surface area contributed by atoms with Crippen LogP contribution in [0.25, 0.3) is 0 Å². The number of anilines is 1. The molecule has 2 aromatic rings. The minimum Gasteiger partial charge on any atom is -0.462 e. The van der Waals surface area contributed by atoms with Crippen LogP contribution in [0.1, 0.15) is 59.6 Å². The van der Waals surface area contributed by atoms with Crippen molar-refractivity contribution in [1.82, 2.24) is 5.32 Å². The molecule has 2 N–H and O–H groups in total. The van der Waals surface area contributed by atoms with Gasteiger partial charge in [0.2, 0.25) is 5.91 Å². The van der Waals surface area contributed by atoms with Gasteiger partial charge in [-0.2, -0.15) is 0 Å². The van der Waals surface area contributed by atoms with E-state index in [2.05, 4.69) is 17.6 Å². The van der Waals surface area contributed by atoms with E-state index in [1.165, 1.54) is 16.2 Å². The Hall–Kier alpha value is -2.18. The molecule has 0 radical (unpaired) electrons. The highest BCUT2D eigenvalue weighted by molar-refractivity contribution is 7.17. The number of esters is 1. The van der Waals surface area contributed by atoms with Gasteiger partial charge in [-0.25, -0.2) is 4.79 Å². The van der Waals surface area contributed by atoms with Crippen LogP contribution in [0.4, 0.5) is 5.00 Å². The highest BCUT2D eigenvalue weighted by Crippen LogP contribution is 2.40. The van der Waals surface area contributed by atoms with Crippen LogP contribution < -0.4 is 10.6 Å². The molecule has 28 heavy (non-hydrogen) atoms. The van der Waals surface area contributed by atoms with Crippen LogP contribution in [0.3, 0.4) is 0 Å². The normalized spacial score (nSPS) is 16.9. The second-order valence-corrected chi connectivity index (χ2v) is 8.44. The molecule has 5 nitrogen and oxygen atoms in total. The fraction of sp³-hybridized carbons (Fsp3) is 0.455. The fourth-order valence-electron chi connectivity index (χ4n) is 3.53. The van der Waals surface area contributed by atoms with E-state index in [-0.39, 0.29) is 24.5 Å². The van der Waals surface area contributed by atoms with Crippen LogP contribution in [0, 0.1) is 5.92 Å². The Labute approximate surface area is 170 Å². The van der Waals surface area contributed by atoms with E-state index in [1.807, 2.05) is 37.3 Å². The van der Waals surface area contributed by atoms with Gasteiger partial charge in [-0.05, 0) is 50.2 Å². The summed E-state index contributed by atoms with van der Waals surface area (Å²) in [5.41, 5.74) is 2.74. The molecule has 1 heterocycles. The van der Waals surface area contributed by atoms with Crippen LogP contribution in [-0.2, 0) is 22.4 Å². The predicted molar refractivity (Wildman–Crippen MR) is 113 cm³/mol. The Morgan fingerprint density at radius 2 is 2.04 bits per heavy atom. The molecule has 0 bridgehead atoms. The molecule has 150 valence electrons. The van der Waals surface area contributed by atoms with Gasteiger partial charge in [0.05, 0.1) is 18.7 Å². The average Bonchev–Trinajstić information content (AvgIpc) is 3.03. The molecule has 2 unspecified atom stereocenters. The summed E-state index contributed by atoms with van der Waals surface area (Å²) in [6.45, 7) is 6.55. The molecule has 3 rings (SSSR count). The van der Waals surface area contributed by atoms with Crippen LogP contribution in [0.15, 0.2) is 30.3 Å². The molecule has 1 aliphatic rings. The van der Waals surface area contributed by atoms with Gasteiger partial charge in [-0.1, -0.05) is 37.3 Å². The summed E-state index contributed by atoms with van der Waals surface area (Å²) in [6.07, 6.45) is 2.87. The average molecular weight is 401 g/mol. The largest absolute Gasteiger partial charge is 0.462 e. The van der Waals surface area contributed by atoms with Crippen LogP contribution >= 0.6 is 11.3 Å². The monoisotopic (exact) mass is 400 g/mol. The van der Waals surface area contributed by atoms with Gasteiger partial charge in [-0.3, -0.25) is 4.79 Å². The van der Waals surface area contributed by atoms with E-state index in [1.54, 1.807) is 6.92 Å². The quantitative estimate of drug-likeness (QED) is 0.679. The first-order valence-corrected chi connectivity index (χ1v) is 10.7. The number of carbonyl (C=O) groups excluding carboxylic acids is 2. The molecule has 1 aliphatic carbocycles. The van der Waals surface area contributed by atoms with E-state index in [9.17, 15) is 9.59 Å². The summed E-state index contributed by atoms with van der Waals surface area (Å²) in [7, 11) is 0. The first-order chi connectivity index (χ1) is 13.5. The second-order valence-electron chi connectivity index (χ2n) is 7.34. The van der Waals surface area contributed by atoms with Gasteiger partial charge in [0.15, 0.2) is 0 Å². The van der Waals surface area contributed by atoms with Crippen molar-refractivity contribution in [2.75, 3.05) is 18.5 Å². The third kappa shape index (κ3) is 4.80. The molecule has 0 fully saturated rings. The van der Waals surface area contributed by atoms with Crippen molar-refractivity contribution in [3.8, 4) is 0 Å². The maximum absolute atomic E-state index is 12.5. The summed E-state index contributed by atoms with van der Waals surface area (Å²) in [6, 6.07) is 10.1. The lowest BCUT2D eigenvalue weighted by Gasteiger charge is -2.18. The van der Waals surface area contributed by atoms with Gasteiger partial charge in [0.25, 0.3) is 0 Å². The summed E-state index contributed by atoms with van der Waals surface area (Å²) < 4.78 is 5.26. The highest BCUT2D eigenvalue weighted by Gasteiger charge is 2.29. The van der Waals surface area contributed by atoms with Gasteiger partial charge in [-0.15, -0.1) is 11.3 Å². The minimum absolute atomic E-state index is 0.0638. The smallest absolute Gasteiger partial charge is 0.341 e. The van der Waals surface area contributed by atoms with E-state index >= 15 is 0 Å². The number of carbonyl (C=O) groups is 2. The fourth-order valence-corrected chi connectivity index (χ4v) is 4.95. The van der Waals surface area contributed by atoms with E-state index in [0.29, 0.717) is 23.1 Å². The first kappa shape index (κ1) is 20.6. The SMILES string of the molecule is CCOC(=O)c1c(NC(=O)CNC(C)c2ccccc2)sc2c1CCC(C)C2. The Bertz CT molecular complexity index is 832. The topological polar surface area (TPSA) is 67.4 Å². The molecular weight excluding hydrogens is 372 g/mol. The zero-order valence-corrected chi connectivity index (χ0v) is 17.5. The van der Waals surface area contributed by atoms with Crippen molar-refractivity contribution in [3.05, 3.63) is 51.9 Å². The van der Waals surface area contributed by atoms with Crippen molar-refractivity contribution in [3.63, 3.8) is 0 Å². The number of hydrogen-bond donors (Lipinski definition) is 2. The number of rotatable bonds is 7. The summed E-state index contributed by atoms with van der Waals surface area (Å²) in [5, 5.41) is 6.80. The Balaban J connectivity index is 1.70. The summed E-state index contributed by atoms with van der Waals surface area (Å²) in [4.78, 5) is 26.3. The van der Waals surface area contributed by atoms with Crippen molar-refractivity contribution in [2.45, 2.75) is 46.1 Å². The molecule has 0 saturated heterocycles.